The minimum Gasteiger partial charge on any atom is -0.444 e. The highest BCUT2D eigenvalue weighted by Gasteiger charge is 2.37. The van der Waals surface area contributed by atoms with Crippen LogP contribution in [0.2, 0.25) is 0 Å². The Labute approximate surface area is 123 Å². The van der Waals surface area contributed by atoms with Gasteiger partial charge in [0, 0.05) is 12.6 Å². The lowest BCUT2D eigenvalue weighted by molar-refractivity contribution is -0.00736. The first-order valence-electron chi connectivity index (χ1n) is 8.07. The van der Waals surface area contributed by atoms with E-state index in [9.17, 15) is 4.79 Å². The molecule has 0 aromatic rings. The van der Waals surface area contributed by atoms with Crippen molar-refractivity contribution in [1.82, 2.24) is 10.2 Å². The van der Waals surface area contributed by atoms with Gasteiger partial charge in [0.1, 0.15) is 5.60 Å². The van der Waals surface area contributed by atoms with Crippen LogP contribution in [0, 0.1) is 11.8 Å². The van der Waals surface area contributed by atoms with E-state index in [2.05, 4.69) is 12.2 Å². The monoisotopic (exact) mass is 282 g/mol. The summed E-state index contributed by atoms with van der Waals surface area (Å²) in [7, 11) is 0. The molecule has 20 heavy (non-hydrogen) atoms. The van der Waals surface area contributed by atoms with Crippen molar-refractivity contribution in [3.8, 4) is 0 Å². The van der Waals surface area contributed by atoms with Gasteiger partial charge in [0.2, 0.25) is 0 Å². The molecule has 0 radical (unpaired) electrons. The van der Waals surface area contributed by atoms with Crippen molar-refractivity contribution in [2.45, 2.75) is 65.0 Å². The highest BCUT2D eigenvalue weighted by atomic mass is 16.6. The zero-order valence-corrected chi connectivity index (χ0v) is 13.4. The van der Waals surface area contributed by atoms with Gasteiger partial charge in [-0.25, -0.2) is 4.79 Å². The summed E-state index contributed by atoms with van der Waals surface area (Å²) in [5.41, 5.74) is -0.410. The van der Waals surface area contributed by atoms with E-state index in [4.69, 9.17) is 4.74 Å². The Morgan fingerprint density at radius 2 is 2.00 bits per heavy atom. The van der Waals surface area contributed by atoms with Gasteiger partial charge in [-0.1, -0.05) is 6.92 Å². The molecule has 2 heterocycles. The van der Waals surface area contributed by atoms with E-state index in [1.54, 1.807) is 0 Å². The lowest BCUT2D eigenvalue weighted by atomic mass is 9.83. The van der Waals surface area contributed by atoms with Gasteiger partial charge in [-0.2, -0.15) is 0 Å². The van der Waals surface area contributed by atoms with Crippen LogP contribution in [-0.4, -0.2) is 42.3 Å². The zero-order chi connectivity index (χ0) is 14.8. The number of hydrogen-bond acceptors (Lipinski definition) is 3. The third-order valence-electron chi connectivity index (χ3n) is 4.37. The molecule has 0 bridgehead atoms. The smallest absolute Gasteiger partial charge is 0.410 e. The van der Waals surface area contributed by atoms with Crippen molar-refractivity contribution in [1.29, 1.82) is 0 Å². The lowest BCUT2D eigenvalue weighted by Gasteiger charge is -2.44. The first-order chi connectivity index (χ1) is 9.37. The van der Waals surface area contributed by atoms with E-state index in [1.807, 2.05) is 25.7 Å². The summed E-state index contributed by atoms with van der Waals surface area (Å²) in [6.07, 6.45) is 4.66. The Morgan fingerprint density at radius 1 is 1.25 bits per heavy atom. The molecule has 2 aliphatic rings. The quantitative estimate of drug-likeness (QED) is 0.804. The lowest BCUT2D eigenvalue weighted by Crippen LogP contribution is -2.53. The third kappa shape index (κ3) is 4.11. The molecule has 0 aromatic heterocycles. The first kappa shape index (κ1) is 15.6. The van der Waals surface area contributed by atoms with Crippen LogP contribution in [0.1, 0.15) is 53.4 Å². The molecule has 2 fully saturated rings. The second-order valence-electron chi connectivity index (χ2n) is 7.49. The van der Waals surface area contributed by atoms with Gasteiger partial charge in [-0.15, -0.1) is 0 Å². The third-order valence-corrected chi connectivity index (χ3v) is 4.37. The van der Waals surface area contributed by atoms with Crippen LogP contribution >= 0.6 is 0 Å². The number of hydrogen-bond donors (Lipinski definition) is 1. The van der Waals surface area contributed by atoms with Crippen LogP contribution in [0.25, 0.3) is 0 Å². The maximum absolute atomic E-state index is 12.5. The average Bonchev–Trinajstić information content (AvgIpc) is 2.37. The summed E-state index contributed by atoms with van der Waals surface area (Å²) in [6, 6.07) is 0.355. The van der Waals surface area contributed by atoms with Gasteiger partial charge in [0.05, 0.1) is 0 Å². The number of amides is 1. The molecular formula is C16H30N2O2. The topological polar surface area (TPSA) is 41.6 Å². The van der Waals surface area contributed by atoms with Gasteiger partial charge >= 0.3 is 6.09 Å². The fourth-order valence-corrected chi connectivity index (χ4v) is 3.40. The fourth-order valence-electron chi connectivity index (χ4n) is 3.40. The van der Waals surface area contributed by atoms with Crippen LogP contribution in [0.3, 0.4) is 0 Å². The van der Waals surface area contributed by atoms with Gasteiger partial charge in [0.25, 0.3) is 0 Å². The summed E-state index contributed by atoms with van der Waals surface area (Å²) in [4.78, 5) is 14.5. The van der Waals surface area contributed by atoms with Crippen molar-refractivity contribution >= 4 is 6.09 Å². The minimum absolute atomic E-state index is 0.125. The summed E-state index contributed by atoms with van der Waals surface area (Å²) in [5.74, 6) is 1.17. The Hall–Kier alpha value is -0.770. The summed E-state index contributed by atoms with van der Waals surface area (Å²) in [5, 5.41) is 3.47. The molecule has 0 spiro atoms. The molecule has 4 heteroatoms. The molecule has 2 aliphatic heterocycles. The van der Waals surface area contributed by atoms with E-state index in [0.29, 0.717) is 17.9 Å². The van der Waals surface area contributed by atoms with Gasteiger partial charge < -0.3 is 15.0 Å². The number of likely N-dealkylation sites (tertiary alicyclic amines) is 1. The van der Waals surface area contributed by atoms with Crippen molar-refractivity contribution in [3.63, 3.8) is 0 Å². The van der Waals surface area contributed by atoms with E-state index in [1.165, 1.54) is 19.3 Å². The molecule has 2 saturated heterocycles. The first-order valence-corrected chi connectivity index (χ1v) is 8.07. The average molecular weight is 282 g/mol. The van der Waals surface area contributed by atoms with Gasteiger partial charge in [-0.05, 0) is 71.4 Å². The highest BCUT2D eigenvalue weighted by molar-refractivity contribution is 5.68. The van der Waals surface area contributed by atoms with E-state index >= 15 is 0 Å². The summed E-state index contributed by atoms with van der Waals surface area (Å²) in [6.45, 7) is 11.0. The highest BCUT2D eigenvalue weighted by Crippen LogP contribution is 2.31. The van der Waals surface area contributed by atoms with Crippen molar-refractivity contribution in [3.05, 3.63) is 0 Å². The number of carbonyl (C=O) groups excluding carboxylic acids is 1. The molecule has 0 aliphatic carbocycles. The normalized spacial score (nSPS) is 32.0. The summed E-state index contributed by atoms with van der Waals surface area (Å²) < 4.78 is 5.61. The second kappa shape index (κ2) is 6.33. The predicted molar refractivity (Wildman–Crippen MR) is 80.7 cm³/mol. The Kier molecular flexibility index (Phi) is 4.95. The fraction of sp³-hybridized carbons (Fsp3) is 0.938. The largest absolute Gasteiger partial charge is 0.444 e. The van der Waals surface area contributed by atoms with Crippen LogP contribution in [0.5, 0.6) is 0 Å². The second-order valence-corrected chi connectivity index (χ2v) is 7.49. The predicted octanol–water partition coefficient (Wildman–Crippen LogP) is 3.02. The van der Waals surface area contributed by atoms with Gasteiger partial charge in [-0.3, -0.25) is 0 Å². The van der Waals surface area contributed by atoms with Crippen LogP contribution in [0.15, 0.2) is 0 Å². The standard InChI is InChI=1S/C16H30N2O2/c1-12-7-8-14(13-6-5-9-17-10-13)18(11-12)15(19)20-16(2,3)4/h12-14,17H,5-11H2,1-4H3/t12?,13?,14-/m0/s1. The molecule has 0 aromatic carbocycles. The molecule has 2 rings (SSSR count). The molecule has 116 valence electrons. The van der Waals surface area contributed by atoms with Crippen LogP contribution < -0.4 is 5.32 Å². The molecule has 1 amide bonds. The number of ether oxygens (including phenoxy) is 1. The number of piperidine rings is 2. The molecule has 4 nitrogen and oxygen atoms in total. The maximum atomic E-state index is 12.5. The van der Waals surface area contributed by atoms with E-state index in [0.717, 1.165) is 26.1 Å². The molecule has 3 atom stereocenters. The van der Waals surface area contributed by atoms with Crippen molar-refractivity contribution < 1.29 is 9.53 Å². The number of carbonyl (C=O) groups is 1. The van der Waals surface area contributed by atoms with Gasteiger partial charge in [0.15, 0.2) is 0 Å². The molecule has 1 N–H and O–H groups in total. The number of rotatable bonds is 1. The Balaban J connectivity index is 2.05. The molecule has 0 saturated carbocycles. The zero-order valence-electron chi connectivity index (χ0n) is 13.4. The van der Waals surface area contributed by atoms with Crippen molar-refractivity contribution in [2.75, 3.05) is 19.6 Å². The minimum atomic E-state index is -0.410. The number of nitrogens with zero attached hydrogens (tertiary/aromatic N) is 1. The Morgan fingerprint density at radius 3 is 2.60 bits per heavy atom. The number of nitrogens with one attached hydrogen (secondary N) is 1. The van der Waals surface area contributed by atoms with Crippen LogP contribution in [0.4, 0.5) is 4.79 Å². The van der Waals surface area contributed by atoms with E-state index < -0.39 is 5.60 Å². The van der Waals surface area contributed by atoms with Crippen molar-refractivity contribution in [2.24, 2.45) is 11.8 Å². The van der Waals surface area contributed by atoms with E-state index in [-0.39, 0.29) is 6.09 Å². The van der Waals surface area contributed by atoms with Crippen LogP contribution in [-0.2, 0) is 4.74 Å². The maximum Gasteiger partial charge on any atom is 0.410 e. The SMILES string of the molecule is CC1CC[C@@H](C2CCCNC2)N(C(=O)OC(C)(C)C)C1. The molecular weight excluding hydrogens is 252 g/mol. The molecule has 2 unspecified atom stereocenters. The summed E-state index contributed by atoms with van der Waals surface area (Å²) >= 11 is 0. The Bertz CT molecular complexity index is 332.